The second-order valence-electron chi connectivity index (χ2n) is 12.8. The zero-order valence-corrected chi connectivity index (χ0v) is 27.5. The Morgan fingerprint density at radius 2 is 0.960 bits per heavy atom. The van der Waals surface area contributed by atoms with Crippen molar-refractivity contribution in [3.05, 3.63) is 222 Å². The van der Waals surface area contributed by atoms with Gasteiger partial charge in [0.05, 0.1) is 0 Å². The number of rotatable bonds is 5. The molecule has 8 aromatic rings. The number of hydrogen-bond donors (Lipinski definition) is 0. The standard InChI is InChI=1S/C49H33N/c1-4-14-36(15-5-1)32-33-49(41-18-6-2-7-19-41)47-23-13-12-22-45(47)46-31-30-44(35-48(46)49)50(42-20-8-3-9-21-42)43-28-26-38(27-29-43)40-25-24-37-16-10-11-17-39(37)34-40/h1-31,34-35H. The molecular formula is C49H33N. The fourth-order valence-corrected chi connectivity index (χ4v) is 7.50. The lowest BCUT2D eigenvalue weighted by atomic mass is 9.72. The molecule has 1 atom stereocenters. The third-order valence-electron chi connectivity index (χ3n) is 9.88. The molecule has 1 nitrogen and oxygen atoms in total. The van der Waals surface area contributed by atoms with Gasteiger partial charge in [0, 0.05) is 22.6 Å². The Kier molecular flexibility index (Phi) is 7.34. The van der Waals surface area contributed by atoms with E-state index < -0.39 is 5.41 Å². The first-order valence-electron chi connectivity index (χ1n) is 17.1. The molecular weight excluding hydrogens is 603 g/mol. The van der Waals surface area contributed by atoms with Crippen LogP contribution < -0.4 is 4.90 Å². The Hall–Kier alpha value is -6.62. The van der Waals surface area contributed by atoms with Crippen molar-refractivity contribution in [2.75, 3.05) is 4.90 Å². The minimum Gasteiger partial charge on any atom is -0.310 e. The van der Waals surface area contributed by atoms with Gasteiger partial charge in [0.2, 0.25) is 0 Å². The van der Waals surface area contributed by atoms with E-state index in [9.17, 15) is 0 Å². The molecule has 0 amide bonds. The molecule has 234 valence electrons. The summed E-state index contributed by atoms with van der Waals surface area (Å²) in [5, 5.41) is 2.50. The molecule has 0 heterocycles. The van der Waals surface area contributed by atoms with E-state index in [-0.39, 0.29) is 0 Å². The number of hydrogen-bond acceptors (Lipinski definition) is 1. The normalized spacial score (nSPS) is 14.3. The molecule has 1 unspecified atom stereocenters. The van der Waals surface area contributed by atoms with Gasteiger partial charge in [0.15, 0.2) is 0 Å². The smallest absolute Gasteiger partial charge is 0.108 e. The maximum absolute atomic E-state index is 3.86. The van der Waals surface area contributed by atoms with Gasteiger partial charge < -0.3 is 4.90 Å². The van der Waals surface area contributed by atoms with E-state index in [1.165, 1.54) is 44.2 Å². The molecule has 8 aromatic carbocycles. The summed E-state index contributed by atoms with van der Waals surface area (Å²) < 4.78 is 0. The van der Waals surface area contributed by atoms with Crippen LogP contribution in [0.1, 0.15) is 22.3 Å². The van der Waals surface area contributed by atoms with E-state index >= 15 is 0 Å². The van der Waals surface area contributed by atoms with Gasteiger partial charge >= 0.3 is 0 Å². The fraction of sp³-hybridized carbons (Fsp3) is 0.0204. The number of anilines is 3. The first-order chi connectivity index (χ1) is 24.8. The summed E-state index contributed by atoms with van der Waals surface area (Å²) in [5.74, 6) is 7.44. The maximum Gasteiger partial charge on any atom is 0.108 e. The molecule has 0 saturated carbocycles. The molecule has 1 heteroatoms. The first-order valence-corrected chi connectivity index (χ1v) is 17.1. The zero-order chi connectivity index (χ0) is 33.3. The Balaban J connectivity index is 1.22. The Bertz CT molecular complexity index is 2520. The van der Waals surface area contributed by atoms with E-state index in [2.05, 4.69) is 211 Å². The molecule has 0 spiro atoms. The molecule has 0 bridgehead atoms. The van der Waals surface area contributed by atoms with Crippen LogP contribution in [0.15, 0.2) is 200 Å². The molecule has 1 aliphatic carbocycles. The topological polar surface area (TPSA) is 3.24 Å². The fourth-order valence-electron chi connectivity index (χ4n) is 7.50. The van der Waals surface area contributed by atoms with E-state index in [1.807, 2.05) is 6.07 Å². The molecule has 0 aromatic heterocycles. The molecule has 0 N–H and O–H groups in total. The largest absolute Gasteiger partial charge is 0.310 e. The van der Waals surface area contributed by atoms with Crippen LogP contribution in [-0.4, -0.2) is 0 Å². The van der Waals surface area contributed by atoms with Crippen molar-refractivity contribution in [2.24, 2.45) is 0 Å². The summed E-state index contributed by atoms with van der Waals surface area (Å²) in [4.78, 5) is 2.35. The van der Waals surface area contributed by atoms with Crippen LogP contribution in [0, 0.1) is 11.8 Å². The van der Waals surface area contributed by atoms with Crippen molar-refractivity contribution < 1.29 is 0 Å². The highest BCUT2D eigenvalue weighted by Crippen LogP contribution is 2.54. The highest BCUT2D eigenvalue weighted by atomic mass is 15.1. The number of fused-ring (bicyclic) bond motifs is 4. The molecule has 1 aliphatic rings. The minimum atomic E-state index is -0.651. The zero-order valence-electron chi connectivity index (χ0n) is 27.5. The predicted octanol–water partition coefficient (Wildman–Crippen LogP) is 12.3. The average Bonchev–Trinajstić information content (AvgIpc) is 3.48. The first kappa shape index (κ1) is 29.5. The Morgan fingerprint density at radius 1 is 0.380 bits per heavy atom. The summed E-state index contributed by atoms with van der Waals surface area (Å²) in [6, 6.07) is 71.6. The average molecular weight is 636 g/mol. The van der Waals surface area contributed by atoms with E-state index in [0.717, 1.165) is 28.2 Å². The molecule has 50 heavy (non-hydrogen) atoms. The summed E-state index contributed by atoms with van der Waals surface area (Å²) in [6.07, 6.45) is 0. The lowest BCUT2D eigenvalue weighted by Gasteiger charge is -2.30. The van der Waals surface area contributed by atoms with Crippen molar-refractivity contribution in [1.29, 1.82) is 0 Å². The summed E-state index contributed by atoms with van der Waals surface area (Å²) in [5.41, 5.74) is 12.1. The monoisotopic (exact) mass is 635 g/mol. The lowest BCUT2D eigenvalue weighted by Crippen LogP contribution is -2.25. The van der Waals surface area contributed by atoms with E-state index in [1.54, 1.807) is 0 Å². The third-order valence-corrected chi connectivity index (χ3v) is 9.88. The van der Waals surface area contributed by atoms with Gasteiger partial charge in [-0.25, -0.2) is 0 Å². The van der Waals surface area contributed by atoms with Crippen molar-refractivity contribution in [1.82, 2.24) is 0 Å². The SMILES string of the molecule is C(#CC1(c2ccccc2)c2ccccc2-c2ccc(N(c3ccccc3)c3ccc(-c4ccc5ccccc5c4)cc3)cc21)c1ccccc1. The molecule has 0 saturated heterocycles. The van der Waals surface area contributed by atoms with Crippen LogP contribution in [0.3, 0.4) is 0 Å². The molecule has 9 rings (SSSR count). The van der Waals surface area contributed by atoms with E-state index in [0.29, 0.717) is 0 Å². The van der Waals surface area contributed by atoms with Crippen molar-refractivity contribution in [3.63, 3.8) is 0 Å². The molecule has 0 aliphatic heterocycles. The maximum atomic E-state index is 3.86. The van der Waals surface area contributed by atoms with Crippen LogP contribution in [0.2, 0.25) is 0 Å². The highest BCUT2D eigenvalue weighted by Gasteiger charge is 2.44. The van der Waals surface area contributed by atoms with Crippen LogP contribution in [-0.2, 0) is 5.41 Å². The number of benzene rings is 8. The third kappa shape index (κ3) is 5.07. The Morgan fingerprint density at radius 3 is 1.74 bits per heavy atom. The van der Waals surface area contributed by atoms with Crippen molar-refractivity contribution >= 4 is 27.8 Å². The molecule has 0 fully saturated rings. The highest BCUT2D eigenvalue weighted by molar-refractivity contribution is 5.90. The number of nitrogens with zero attached hydrogens (tertiary/aromatic N) is 1. The van der Waals surface area contributed by atoms with Crippen molar-refractivity contribution in [3.8, 4) is 34.1 Å². The quantitative estimate of drug-likeness (QED) is 0.170. The van der Waals surface area contributed by atoms with Gasteiger partial charge in [-0.1, -0.05) is 157 Å². The van der Waals surface area contributed by atoms with Crippen LogP contribution in [0.5, 0.6) is 0 Å². The second kappa shape index (κ2) is 12.4. The van der Waals surface area contributed by atoms with Crippen LogP contribution >= 0.6 is 0 Å². The minimum absolute atomic E-state index is 0.651. The second-order valence-corrected chi connectivity index (χ2v) is 12.8. The van der Waals surface area contributed by atoms with Gasteiger partial charge in [0.25, 0.3) is 0 Å². The van der Waals surface area contributed by atoms with Crippen LogP contribution in [0.4, 0.5) is 17.1 Å². The van der Waals surface area contributed by atoms with Gasteiger partial charge in [-0.15, -0.1) is 0 Å². The Labute approximate surface area is 293 Å². The lowest BCUT2D eigenvalue weighted by molar-refractivity contribution is 0.837. The van der Waals surface area contributed by atoms with Gasteiger partial charge in [0.1, 0.15) is 5.41 Å². The summed E-state index contributed by atoms with van der Waals surface area (Å²) in [6.45, 7) is 0. The van der Waals surface area contributed by atoms with Gasteiger partial charge in [-0.05, 0) is 104 Å². The van der Waals surface area contributed by atoms with Gasteiger partial charge in [-0.2, -0.15) is 0 Å². The number of para-hydroxylation sites is 1. The van der Waals surface area contributed by atoms with Crippen LogP contribution in [0.25, 0.3) is 33.0 Å². The van der Waals surface area contributed by atoms with Gasteiger partial charge in [-0.3, -0.25) is 0 Å². The molecule has 0 radical (unpaired) electrons. The van der Waals surface area contributed by atoms with Crippen molar-refractivity contribution in [2.45, 2.75) is 5.41 Å². The summed E-state index contributed by atoms with van der Waals surface area (Å²) >= 11 is 0. The predicted molar refractivity (Wildman–Crippen MR) is 209 cm³/mol. The summed E-state index contributed by atoms with van der Waals surface area (Å²) in [7, 11) is 0. The van der Waals surface area contributed by atoms with E-state index in [4.69, 9.17) is 0 Å².